The molecule has 1 aliphatic carbocycles. The van der Waals surface area contributed by atoms with Gasteiger partial charge < -0.3 is 10.8 Å². The smallest absolute Gasteiger partial charge is 0.324 e. The molecule has 0 spiro atoms. The van der Waals surface area contributed by atoms with Crippen LogP contribution >= 0.6 is 11.8 Å². The summed E-state index contributed by atoms with van der Waals surface area (Å²) in [6, 6.07) is 4.14. The van der Waals surface area contributed by atoms with Crippen LogP contribution in [-0.4, -0.2) is 36.0 Å². The minimum Gasteiger partial charge on any atom is -0.861 e. The number of aliphatic imine (C=N–C) groups is 1. The zero-order valence-electron chi connectivity index (χ0n) is 14.7. The number of nitrogen functional groups attached to an aromatic ring is 1. The van der Waals surface area contributed by atoms with Crippen LogP contribution in [0.15, 0.2) is 20.7 Å². The standard InChI is InChI=1S/C16H16N8O2S/c1-23(2)24-7-13(26-22-24)20-12(25)8-27-16-11(6-18)14(9-3-4-9)10(5-17)15(19)21-16/h7,9H,3-4,8H2,1-2H3,(H2-,19,20,21,22,25). The fourth-order valence-electron chi connectivity index (χ4n) is 2.46. The number of pyridine rings is 1. The third-order valence-electron chi connectivity index (χ3n) is 3.86. The molecule has 2 N–H and O–H groups in total. The van der Waals surface area contributed by atoms with Gasteiger partial charge in [-0.2, -0.15) is 15.5 Å². The van der Waals surface area contributed by atoms with Crippen LogP contribution in [0, 0.1) is 22.7 Å². The van der Waals surface area contributed by atoms with Gasteiger partial charge in [-0.05, 0) is 30.2 Å². The molecule has 0 amide bonds. The molecule has 2 heterocycles. The highest BCUT2D eigenvalue weighted by atomic mass is 32.2. The van der Waals surface area contributed by atoms with E-state index in [9.17, 15) is 15.6 Å². The van der Waals surface area contributed by atoms with Crippen molar-refractivity contribution in [2.75, 3.05) is 30.6 Å². The van der Waals surface area contributed by atoms with Crippen molar-refractivity contribution in [1.82, 2.24) is 10.3 Å². The summed E-state index contributed by atoms with van der Waals surface area (Å²) >= 11 is 1.06. The van der Waals surface area contributed by atoms with Gasteiger partial charge in [-0.15, -0.1) is 0 Å². The third kappa shape index (κ3) is 3.93. The second-order valence-corrected chi connectivity index (χ2v) is 7.03. The summed E-state index contributed by atoms with van der Waals surface area (Å²) in [5.41, 5.74) is 7.09. The molecule has 11 heteroatoms. The maximum Gasteiger partial charge on any atom is 0.324 e. The molecule has 0 saturated heterocycles. The van der Waals surface area contributed by atoms with Gasteiger partial charge in [-0.25, -0.2) is 9.98 Å². The van der Waals surface area contributed by atoms with E-state index in [2.05, 4.69) is 21.3 Å². The molecule has 0 aliphatic heterocycles. The normalized spacial score (nSPS) is 13.9. The first-order chi connectivity index (χ1) is 12.9. The van der Waals surface area contributed by atoms with Gasteiger partial charge >= 0.3 is 5.88 Å². The largest absolute Gasteiger partial charge is 0.861 e. The maximum atomic E-state index is 12.1. The van der Waals surface area contributed by atoms with Crippen LogP contribution in [-0.2, 0) is 0 Å². The van der Waals surface area contributed by atoms with Gasteiger partial charge in [0.25, 0.3) is 6.20 Å². The Morgan fingerprint density at radius 1 is 1.44 bits per heavy atom. The Morgan fingerprint density at radius 3 is 2.70 bits per heavy atom. The van der Waals surface area contributed by atoms with Crippen molar-refractivity contribution in [3.05, 3.63) is 22.9 Å². The highest BCUT2D eigenvalue weighted by Crippen LogP contribution is 2.45. The van der Waals surface area contributed by atoms with Crippen LogP contribution < -0.4 is 20.6 Å². The first-order valence-electron chi connectivity index (χ1n) is 8.01. The van der Waals surface area contributed by atoms with E-state index in [1.54, 1.807) is 19.1 Å². The van der Waals surface area contributed by atoms with Gasteiger partial charge in [0.15, 0.2) is 0 Å². The summed E-state index contributed by atoms with van der Waals surface area (Å²) in [5.74, 6) is -0.230. The van der Waals surface area contributed by atoms with E-state index < -0.39 is 5.90 Å². The monoisotopic (exact) mass is 384 g/mol. The van der Waals surface area contributed by atoms with Gasteiger partial charge in [0, 0.05) is 5.75 Å². The van der Waals surface area contributed by atoms with E-state index in [0.717, 1.165) is 24.6 Å². The predicted molar refractivity (Wildman–Crippen MR) is 94.6 cm³/mol. The molecule has 1 saturated carbocycles. The molecule has 0 unspecified atom stereocenters. The first-order valence-corrected chi connectivity index (χ1v) is 9.00. The summed E-state index contributed by atoms with van der Waals surface area (Å²) < 4.78 is 4.95. The number of thioether (sulfide) groups is 1. The first kappa shape index (κ1) is 18.5. The lowest BCUT2D eigenvalue weighted by Gasteiger charge is -2.13. The summed E-state index contributed by atoms with van der Waals surface area (Å²) in [7, 11) is 3.51. The number of hydrogen-bond donors (Lipinski definition) is 1. The summed E-state index contributed by atoms with van der Waals surface area (Å²) in [6.07, 6.45) is 3.28. The second-order valence-electron chi connectivity index (χ2n) is 6.07. The van der Waals surface area contributed by atoms with Gasteiger partial charge in [-0.1, -0.05) is 11.8 Å². The molecular weight excluding hydrogens is 368 g/mol. The molecule has 27 heavy (non-hydrogen) atoms. The molecule has 1 aliphatic rings. The molecule has 138 valence electrons. The molecule has 2 aromatic heterocycles. The van der Waals surface area contributed by atoms with Crippen molar-refractivity contribution in [3.8, 4) is 12.1 Å². The van der Waals surface area contributed by atoms with Crippen LogP contribution in [0.1, 0.15) is 35.4 Å². The lowest BCUT2D eigenvalue weighted by atomic mass is 10.0. The zero-order valence-corrected chi connectivity index (χ0v) is 15.5. The molecule has 0 radical (unpaired) electrons. The van der Waals surface area contributed by atoms with E-state index >= 15 is 0 Å². The number of nitriles is 2. The minimum atomic E-state index is -0.469. The van der Waals surface area contributed by atoms with E-state index in [1.807, 2.05) is 6.07 Å². The summed E-state index contributed by atoms with van der Waals surface area (Å²) in [4.78, 5) is 9.36. The lowest BCUT2D eigenvalue weighted by molar-refractivity contribution is -0.753. The molecule has 3 rings (SSSR count). The Kier molecular flexibility index (Phi) is 5.14. The Balaban J connectivity index is 1.82. The number of nitrogens with two attached hydrogens (primary N) is 1. The molecule has 2 aromatic rings. The van der Waals surface area contributed by atoms with Gasteiger partial charge in [-0.3, -0.25) is 4.52 Å². The SMILES string of the molecule is CN(C)[n+]1cc(/N=C(\[O-])CSc2nc(N)c(C#N)c(C3CC3)c2C#N)on1. The average Bonchev–Trinajstić information content (AvgIpc) is 3.37. The number of aromatic nitrogens is 3. The van der Waals surface area contributed by atoms with Crippen LogP contribution in [0.5, 0.6) is 0 Å². The Hall–Kier alpha value is -3.31. The highest BCUT2D eigenvalue weighted by molar-refractivity contribution is 7.99. The van der Waals surface area contributed by atoms with Crippen molar-refractivity contribution in [1.29, 1.82) is 10.5 Å². The highest BCUT2D eigenvalue weighted by Gasteiger charge is 2.32. The average molecular weight is 384 g/mol. The van der Waals surface area contributed by atoms with Gasteiger partial charge in [0.1, 0.15) is 23.0 Å². The minimum absolute atomic E-state index is 0.0558. The van der Waals surface area contributed by atoms with Gasteiger partial charge in [0.2, 0.25) is 5.27 Å². The second kappa shape index (κ2) is 7.51. The summed E-state index contributed by atoms with van der Waals surface area (Å²) in [6.45, 7) is 0. The molecule has 0 atom stereocenters. The quantitative estimate of drug-likeness (QED) is 0.312. The van der Waals surface area contributed by atoms with Crippen molar-refractivity contribution < 1.29 is 14.4 Å². The fourth-order valence-corrected chi connectivity index (χ4v) is 3.25. The Bertz CT molecular complexity index is 982. The molecular formula is C16H16N8O2S. The Labute approximate surface area is 159 Å². The molecule has 0 bridgehead atoms. The molecule has 0 aromatic carbocycles. The fraction of sp³-hybridized carbons (Fsp3) is 0.375. The predicted octanol–water partition coefficient (Wildman–Crippen LogP) is -0.0597. The van der Waals surface area contributed by atoms with E-state index in [0.29, 0.717) is 16.2 Å². The van der Waals surface area contributed by atoms with Gasteiger partial charge in [0.05, 0.1) is 30.0 Å². The molecule has 10 nitrogen and oxygen atoms in total. The summed E-state index contributed by atoms with van der Waals surface area (Å²) in [5, 5.41) is 36.7. The zero-order chi connectivity index (χ0) is 19.6. The molecule has 1 fully saturated rings. The van der Waals surface area contributed by atoms with Crippen LogP contribution in [0.25, 0.3) is 0 Å². The number of hydrogen-bond acceptors (Lipinski definition) is 10. The van der Waals surface area contributed by atoms with E-state index in [1.165, 1.54) is 11.0 Å². The van der Waals surface area contributed by atoms with E-state index in [-0.39, 0.29) is 28.9 Å². The number of anilines is 1. The van der Waals surface area contributed by atoms with Crippen LogP contribution in [0.2, 0.25) is 0 Å². The topological polar surface area (TPSA) is 155 Å². The Morgan fingerprint density at radius 2 is 2.15 bits per heavy atom. The van der Waals surface area contributed by atoms with Crippen molar-refractivity contribution in [2.24, 2.45) is 4.99 Å². The maximum absolute atomic E-state index is 12.1. The third-order valence-corrected chi connectivity index (χ3v) is 4.82. The van der Waals surface area contributed by atoms with Crippen molar-refractivity contribution in [3.63, 3.8) is 0 Å². The van der Waals surface area contributed by atoms with Crippen molar-refractivity contribution >= 4 is 29.4 Å². The van der Waals surface area contributed by atoms with Crippen LogP contribution in [0.3, 0.4) is 0 Å². The van der Waals surface area contributed by atoms with Crippen molar-refractivity contribution in [2.45, 2.75) is 23.8 Å². The number of rotatable bonds is 6. The van der Waals surface area contributed by atoms with E-state index in [4.69, 9.17) is 10.3 Å². The van der Waals surface area contributed by atoms with Crippen LogP contribution in [0.4, 0.5) is 11.7 Å². The lowest BCUT2D eigenvalue weighted by Crippen LogP contribution is -2.53. The number of nitrogens with zero attached hydrogens (tertiary/aromatic N) is 7.